The second kappa shape index (κ2) is 3.47. The molecule has 96 valence electrons. The maximum atomic E-state index is 4.62. The summed E-state index contributed by atoms with van der Waals surface area (Å²) >= 11 is 0. The number of rotatable bonds is 1. The van der Waals surface area contributed by atoms with Gasteiger partial charge in [-0.2, -0.15) is 5.11 Å². The third kappa shape index (κ3) is 1.18. The average Bonchev–Trinajstić information content (AvgIpc) is 3.17. The van der Waals surface area contributed by atoms with Crippen LogP contribution in [0.5, 0.6) is 0 Å². The molecule has 2 fully saturated rings. The molecule has 0 unspecified atom stereocenters. The summed E-state index contributed by atoms with van der Waals surface area (Å²) < 4.78 is 0. The van der Waals surface area contributed by atoms with Gasteiger partial charge in [0, 0.05) is 0 Å². The van der Waals surface area contributed by atoms with Gasteiger partial charge in [-0.1, -0.05) is 35.6 Å². The SMILES string of the molecule is C1=C[C@H]2[C@@H](C1)[C@H]1C[C@@H]2[C@H]2N=NN(c3ccccc3)[C@@H]12. The van der Waals surface area contributed by atoms with Gasteiger partial charge in [-0.05, 0) is 48.6 Å². The van der Waals surface area contributed by atoms with Crippen molar-refractivity contribution in [2.45, 2.75) is 24.9 Å². The minimum absolute atomic E-state index is 0.439. The van der Waals surface area contributed by atoms with Crippen LogP contribution in [-0.4, -0.2) is 12.1 Å². The molecule has 2 saturated carbocycles. The van der Waals surface area contributed by atoms with E-state index >= 15 is 0 Å². The Labute approximate surface area is 113 Å². The molecule has 1 aromatic carbocycles. The van der Waals surface area contributed by atoms with Crippen LogP contribution in [0.1, 0.15) is 12.8 Å². The second-order valence-corrected chi connectivity index (χ2v) is 6.33. The van der Waals surface area contributed by atoms with Gasteiger partial charge in [0.1, 0.15) is 0 Å². The molecule has 0 amide bonds. The van der Waals surface area contributed by atoms with E-state index in [1.54, 1.807) is 0 Å². The molecule has 1 heterocycles. The zero-order chi connectivity index (χ0) is 12.4. The highest BCUT2D eigenvalue weighted by atomic mass is 15.6. The van der Waals surface area contributed by atoms with Crippen LogP contribution < -0.4 is 5.01 Å². The molecule has 3 heteroatoms. The minimum Gasteiger partial charge on any atom is -0.242 e. The van der Waals surface area contributed by atoms with Crippen LogP contribution in [0, 0.1) is 23.7 Å². The third-order valence-corrected chi connectivity index (χ3v) is 5.66. The van der Waals surface area contributed by atoms with Crippen molar-refractivity contribution in [3.8, 4) is 0 Å². The fraction of sp³-hybridized carbons (Fsp3) is 0.500. The Balaban J connectivity index is 1.53. The molecule has 1 aromatic rings. The van der Waals surface area contributed by atoms with Gasteiger partial charge in [-0.25, -0.2) is 5.01 Å². The van der Waals surface area contributed by atoms with Gasteiger partial charge in [0.25, 0.3) is 0 Å². The maximum Gasteiger partial charge on any atom is 0.0990 e. The fourth-order valence-corrected chi connectivity index (χ4v) is 4.99. The number of hydrogen-bond acceptors (Lipinski definition) is 3. The van der Waals surface area contributed by atoms with Gasteiger partial charge in [-0.3, -0.25) is 0 Å². The van der Waals surface area contributed by atoms with Crippen molar-refractivity contribution in [3.05, 3.63) is 42.5 Å². The van der Waals surface area contributed by atoms with Gasteiger partial charge < -0.3 is 0 Å². The Morgan fingerprint density at radius 3 is 2.84 bits per heavy atom. The summed E-state index contributed by atoms with van der Waals surface area (Å²) in [5.41, 5.74) is 1.20. The van der Waals surface area contributed by atoms with Gasteiger partial charge in [0.2, 0.25) is 0 Å². The van der Waals surface area contributed by atoms with E-state index in [0.717, 1.165) is 23.7 Å². The van der Waals surface area contributed by atoms with E-state index in [1.807, 2.05) is 0 Å². The molecule has 0 N–H and O–H groups in total. The van der Waals surface area contributed by atoms with Crippen molar-refractivity contribution in [2.75, 3.05) is 5.01 Å². The highest BCUT2D eigenvalue weighted by molar-refractivity contribution is 5.48. The summed E-state index contributed by atoms with van der Waals surface area (Å²) in [6, 6.07) is 11.5. The molecule has 0 radical (unpaired) electrons. The first-order chi connectivity index (χ1) is 9.43. The van der Waals surface area contributed by atoms with Crippen LogP contribution in [0.15, 0.2) is 52.8 Å². The van der Waals surface area contributed by atoms with Crippen LogP contribution in [-0.2, 0) is 0 Å². The number of hydrogen-bond donors (Lipinski definition) is 0. The van der Waals surface area contributed by atoms with Crippen molar-refractivity contribution in [2.24, 2.45) is 34.0 Å². The minimum atomic E-state index is 0.439. The van der Waals surface area contributed by atoms with Crippen LogP contribution in [0.3, 0.4) is 0 Å². The zero-order valence-corrected chi connectivity index (χ0v) is 10.8. The van der Waals surface area contributed by atoms with E-state index in [-0.39, 0.29) is 0 Å². The Morgan fingerprint density at radius 2 is 1.95 bits per heavy atom. The topological polar surface area (TPSA) is 28.0 Å². The molecule has 4 aliphatic rings. The molecule has 1 aliphatic heterocycles. The largest absolute Gasteiger partial charge is 0.242 e. The smallest absolute Gasteiger partial charge is 0.0990 e. The summed E-state index contributed by atoms with van der Waals surface area (Å²) in [7, 11) is 0. The number of nitrogens with zero attached hydrogens (tertiary/aromatic N) is 3. The molecule has 3 aliphatic carbocycles. The molecule has 5 rings (SSSR count). The number of para-hydroxylation sites is 1. The first-order valence-electron chi connectivity index (χ1n) is 7.35. The lowest BCUT2D eigenvalue weighted by molar-refractivity contribution is 0.238. The molecular weight excluding hydrogens is 234 g/mol. The van der Waals surface area contributed by atoms with E-state index < -0.39 is 0 Å². The number of allylic oxidation sites excluding steroid dienone is 2. The summed E-state index contributed by atoms with van der Waals surface area (Å²) in [4.78, 5) is 0. The normalized spacial score (nSPS) is 44.9. The average molecular weight is 251 g/mol. The number of benzene rings is 1. The highest BCUT2D eigenvalue weighted by Crippen LogP contribution is 2.60. The van der Waals surface area contributed by atoms with Crippen molar-refractivity contribution in [1.82, 2.24) is 0 Å². The second-order valence-electron chi connectivity index (χ2n) is 6.33. The van der Waals surface area contributed by atoms with E-state index in [0.29, 0.717) is 12.1 Å². The summed E-state index contributed by atoms with van der Waals surface area (Å²) in [6.07, 6.45) is 7.47. The molecular formula is C16H17N3. The summed E-state index contributed by atoms with van der Waals surface area (Å²) in [6.45, 7) is 0. The van der Waals surface area contributed by atoms with Crippen LogP contribution in [0.25, 0.3) is 0 Å². The Hall–Kier alpha value is -1.64. The predicted octanol–water partition coefficient (Wildman–Crippen LogP) is 3.45. The molecule has 3 nitrogen and oxygen atoms in total. The molecule has 2 bridgehead atoms. The molecule has 0 aromatic heterocycles. The molecule has 0 spiro atoms. The molecule has 0 saturated heterocycles. The predicted molar refractivity (Wildman–Crippen MR) is 73.7 cm³/mol. The standard InChI is InChI=1S/C16H17N3/c1-2-5-10(6-3-1)19-16-14-9-13(15(16)17-18-19)11-7-4-8-12(11)14/h1-7,11-16H,8-9H2/t11-,12+,13-,14+,15+,16-/m0/s1. The van der Waals surface area contributed by atoms with E-state index in [4.69, 9.17) is 0 Å². The lowest BCUT2D eigenvalue weighted by Gasteiger charge is -2.35. The summed E-state index contributed by atoms with van der Waals surface area (Å²) in [5.74, 6) is 3.18. The fourth-order valence-electron chi connectivity index (χ4n) is 4.99. The summed E-state index contributed by atoms with van der Waals surface area (Å²) in [5, 5.41) is 11.3. The molecule has 6 atom stereocenters. The Kier molecular flexibility index (Phi) is 1.86. The monoisotopic (exact) mass is 251 g/mol. The Morgan fingerprint density at radius 1 is 1.05 bits per heavy atom. The lowest BCUT2D eigenvalue weighted by atomic mass is 9.76. The van der Waals surface area contributed by atoms with Gasteiger partial charge in [0.15, 0.2) is 0 Å². The quantitative estimate of drug-likeness (QED) is 0.702. The van der Waals surface area contributed by atoms with E-state index in [1.165, 1.54) is 18.5 Å². The van der Waals surface area contributed by atoms with Crippen LogP contribution >= 0.6 is 0 Å². The first-order valence-corrected chi connectivity index (χ1v) is 7.35. The van der Waals surface area contributed by atoms with Crippen LogP contribution in [0.4, 0.5) is 5.69 Å². The van der Waals surface area contributed by atoms with Gasteiger partial charge in [-0.15, -0.1) is 0 Å². The first kappa shape index (κ1) is 10.2. The molecule has 19 heavy (non-hydrogen) atoms. The van der Waals surface area contributed by atoms with Crippen molar-refractivity contribution in [3.63, 3.8) is 0 Å². The van der Waals surface area contributed by atoms with Crippen molar-refractivity contribution < 1.29 is 0 Å². The zero-order valence-electron chi connectivity index (χ0n) is 10.8. The highest BCUT2D eigenvalue weighted by Gasteiger charge is 2.61. The van der Waals surface area contributed by atoms with E-state index in [2.05, 4.69) is 57.8 Å². The van der Waals surface area contributed by atoms with Crippen molar-refractivity contribution in [1.29, 1.82) is 0 Å². The number of fused-ring (bicyclic) bond motifs is 8. The maximum absolute atomic E-state index is 4.62. The Bertz CT molecular complexity index is 565. The third-order valence-electron chi connectivity index (χ3n) is 5.66. The van der Waals surface area contributed by atoms with Crippen molar-refractivity contribution >= 4 is 5.69 Å². The lowest BCUT2D eigenvalue weighted by Crippen LogP contribution is -2.44. The van der Waals surface area contributed by atoms with Gasteiger partial charge >= 0.3 is 0 Å². The van der Waals surface area contributed by atoms with Gasteiger partial charge in [0.05, 0.1) is 17.8 Å². The number of anilines is 1. The van der Waals surface area contributed by atoms with Crippen LogP contribution in [0.2, 0.25) is 0 Å². The van der Waals surface area contributed by atoms with E-state index in [9.17, 15) is 0 Å².